The largest absolute Gasteiger partial charge is 0.508 e. The molecule has 1 amide bonds. The lowest BCUT2D eigenvalue weighted by molar-refractivity contribution is -0.384. The number of fused-ring (bicyclic) bond motifs is 3. The molecule has 3 aliphatic rings. The quantitative estimate of drug-likeness (QED) is 0.160. The molecule has 0 bridgehead atoms. The molecule has 41 heavy (non-hydrogen) atoms. The second-order valence-electron chi connectivity index (χ2n) is 10.5. The second-order valence-corrected chi connectivity index (χ2v) is 10.5. The first-order chi connectivity index (χ1) is 19.3. The molecule has 6 N–H and O–H groups in total. The van der Waals surface area contributed by atoms with E-state index in [0.29, 0.717) is 16.8 Å². The number of phenolic OH excluding ortho intramolecular Hbond substituents is 1. The van der Waals surface area contributed by atoms with Crippen LogP contribution in [-0.4, -0.2) is 62.5 Å². The Bertz CT molecular complexity index is 1690. The number of carbonyl (C=O) groups is 3. The minimum Gasteiger partial charge on any atom is -0.508 e. The van der Waals surface area contributed by atoms with Crippen LogP contribution < -0.4 is 10.6 Å². The lowest BCUT2D eigenvalue weighted by atomic mass is 9.59. The van der Waals surface area contributed by atoms with Gasteiger partial charge in [-0.3, -0.25) is 24.5 Å². The smallest absolute Gasteiger partial charge is 0.269 e. The van der Waals surface area contributed by atoms with Crippen LogP contribution in [0.25, 0.3) is 5.76 Å². The summed E-state index contributed by atoms with van der Waals surface area (Å²) in [5.41, 5.74) is 2.91. The first kappa shape index (κ1) is 27.4. The van der Waals surface area contributed by atoms with Crippen LogP contribution in [0.2, 0.25) is 0 Å². The van der Waals surface area contributed by atoms with E-state index in [1.807, 2.05) is 0 Å². The third kappa shape index (κ3) is 4.09. The molecule has 3 atom stereocenters. The van der Waals surface area contributed by atoms with E-state index in [2.05, 4.69) is 11.8 Å². The predicted octanol–water partition coefficient (Wildman–Crippen LogP) is 1.80. The summed E-state index contributed by atoms with van der Waals surface area (Å²) in [6.45, 7) is 0. The summed E-state index contributed by atoms with van der Waals surface area (Å²) in [4.78, 5) is 50.2. The number of nitrogens with two attached hydrogens (primary N) is 1. The molecule has 0 spiro atoms. The van der Waals surface area contributed by atoms with Crippen LogP contribution in [-0.2, 0) is 20.8 Å². The van der Waals surface area contributed by atoms with E-state index >= 15 is 0 Å². The summed E-state index contributed by atoms with van der Waals surface area (Å²) in [5, 5.41) is 55.7. The molecule has 5 rings (SSSR count). The normalized spacial score (nSPS) is 23.2. The van der Waals surface area contributed by atoms with Crippen LogP contribution in [0.1, 0.15) is 35.1 Å². The number of phenols is 1. The number of non-ortho nitro benzene ring substituents is 1. The second kappa shape index (κ2) is 9.50. The molecule has 0 heterocycles. The molecule has 0 saturated heterocycles. The number of ketones is 2. The number of hydrogen-bond donors (Lipinski definition) is 5. The van der Waals surface area contributed by atoms with Gasteiger partial charge in [0, 0.05) is 55.4 Å². The van der Waals surface area contributed by atoms with Crippen molar-refractivity contribution in [3.63, 3.8) is 0 Å². The van der Waals surface area contributed by atoms with E-state index in [0.717, 1.165) is 0 Å². The Labute approximate surface area is 233 Å². The highest BCUT2D eigenvalue weighted by Gasteiger charge is 2.60. The number of amides is 1. The molecule has 2 aromatic rings. The molecule has 0 aromatic heterocycles. The van der Waals surface area contributed by atoms with Gasteiger partial charge >= 0.3 is 0 Å². The van der Waals surface area contributed by atoms with Gasteiger partial charge in [-0.15, -0.1) is 0 Å². The van der Waals surface area contributed by atoms with Crippen molar-refractivity contribution in [2.24, 2.45) is 17.6 Å². The number of nitro benzene ring substituents is 1. The van der Waals surface area contributed by atoms with Gasteiger partial charge < -0.3 is 31.1 Å². The number of aliphatic hydroxyl groups excluding tert-OH is 2. The van der Waals surface area contributed by atoms with Crippen molar-refractivity contribution in [3.05, 3.63) is 79.6 Å². The number of aromatic hydroxyl groups is 1. The fraction of sp³-hybridized carbons (Fsp3) is 0.276. The van der Waals surface area contributed by atoms with Crippen LogP contribution in [0.15, 0.2) is 47.2 Å². The maximum absolute atomic E-state index is 13.7. The topological polar surface area (TPSA) is 205 Å². The number of benzene rings is 2. The predicted molar refractivity (Wildman–Crippen MR) is 145 cm³/mol. The van der Waals surface area contributed by atoms with E-state index in [-0.39, 0.29) is 35.2 Å². The Morgan fingerprint density at radius 3 is 2.37 bits per heavy atom. The van der Waals surface area contributed by atoms with Gasteiger partial charge in [-0.2, -0.15) is 0 Å². The highest BCUT2D eigenvalue weighted by molar-refractivity contribution is 6.22. The average molecular weight is 560 g/mol. The molecule has 0 radical (unpaired) electrons. The Morgan fingerprint density at radius 1 is 1.12 bits per heavy atom. The summed E-state index contributed by atoms with van der Waals surface area (Å²) in [7, 11) is 3.49. The minimum absolute atomic E-state index is 0.0260. The van der Waals surface area contributed by atoms with Gasteiger partial charge in [0.1, 0.15) is 22.8 Å². The maximum atomic E-state index is 13.7. The van der Waals surface area contributed by atoms with Crippen molar-refractivity contribution >= 4 is 34.6 Å². The van der Waals surface area contributed by atoms with Crippen molar-refractivity contribution in [1.82, 2.24) is 0 Å². The molecule has 2 aromatic carbocycles. The molecule has 12 heteroatoms. The third-order valence-corrected chi connectivity index (χ3v) is 7.94. The number of nitro groups is 1. The van der Waals surface area contributed by atoms with Crippen molar-refractivity contribution in [2.45, 2.75) is 24.9 Å². The van der Waals surface area contributed by atoms with Crippen LogP contribution in [0.3, 0.4) is 0 Å². The molecule has 0 aliphatic heterocycles. The lowest BCUT2D eigenvalue weighted by Gasteiger charge is -2.46. The Hall–Kier alpha value is -5.15. The Morgan fingerprint density at radius 2 is 1.78 bits per heavy atom. The van der Waals surface area contributed by atoms with E-state index in [4.69, 9.17) is 5.73 Å². The average Bonchev–Trinajstić information content (AvgIpc) is 2.90. The Kier molecular flexibility index (Phi) is 6.35. The summed E-state index contributed by atoms with van der Waals surface area (Å²) in [6, 6.07) is 7.09. The van der Waals surface area contributed by atoms with E-state index in [1.165, 1.54) is 24.3 Å². The van der Waals surface area contributed by atoms with Gasteiger partial charge in [-0.1, -0.05) is 11.8 Å². The molecular weight excluding hydrogens is 534 g/mol. The van der Waals surface area contributed by atoms with Crippen LogP contribution in [0, 0.1) is 33.8 Å². The zero-order valence-corrected chi connectivity index (χ0v) is 22.0. The zero-order valence-electron chi connectivity index (χ0n) is 22.0. The monoisotopic (exact) mass is 559 g/mol. The molecule has 210 valence electrons. The molecular formula is C29H25N3O9. The van der Waals surface area contributed by atoms with Gasteiger partial charge in [0.2, 0.25) is 5.78 Å². The van der Waals surface area contributed by atoms with E-state index in [9.17, 15) is 44.9 Å². The molecule has 12 nitrogen and oxygen atoms in total. The van der Waals surface area contributed by atoms with Crippen molar-refractivity contribution in [1.29, 1.82) is 0 Å². The molecule has 0 unspecified atom stereocenters. The van der Waals surface area contributed by atoms with E-state index in [1.54, 1.807) is 25.1 Å². The van der Waals surface area contributed by atoms with Crippen LogP contribution in [0.4, 0.5) is 11.4 Å². The standard InChI is InChI=1S/C29H25N3O9/c1-31(2)19-11-14(6-3-13-4-7-17(8-5-13)32(40)41)24(34)22-18(19)10-15-9-16-12-20(33)23(28(30)38)27(37)29(16,39)26(36)21(15)25(22)35/h4-5,7-8,11,15-16,34-35,37,39H,9-10,12H2,1-2H3,(H2,30,38)/t15-,16+,29+/m1/s1. The van der Waals surface area contributed by atoms with Gasteiger partial charge in [-0.05, 0) is 42.5 Å². The number of rotatable bonds is 3. The molecule has 1 fully saturated rings. The number of anilines is 1. The van der Waals surface area contributed by atoms with Gasteiger partial charge in [-0.25, -0.2) is 0 Å². The Balaban J connectivity index is 1.66. The van der Waals surface area contributed by atoms with Gasteiger partial charge in [0.25, 0.3) is 11.6 Å². The summed E-state index contributed by atoms with van der Waals surface area (Å²) >= 11 is 0. The first-order valence-electron chi connectivity index (χ1n) is 12.6. The summed E-state index contributed by atoms with van der Waals surface area (Å²) in [6.07, 6.45) is -0.214. The fourth-order valence-electron chi connectivity index (χ4n) is 5.97. The molecule has 1 saturated carbocycles. The zero-order chi connectivity index (χ0) is 30.0. The van der Waals surface area contributed by atoms with Crippen molar-refractivity contribution < 1.29 is 39.7 Å². The lowest BCUT2D eigenvalue weighted by Crippen LogP contribution is -2.58. The number of Topliss-reactive ketones (excluding diaryl/α,β-unsaturated/α-hetero) is 2. The summed E-state index contributed by atoms with van der Waals surface area (Å²) < 4.78 is 0. The van der Waals surface area contributed by atoms with Gasteiger partial charge in [0.05, 0.1) is 16.1 Å². The third-order valence-electron chi connectivity index (χ3n) is 7.94. The van der Waals surface area contributed by atoms with Crippen LogP contribution >= 0.6 is 0 Å². The number of hydrogen-bond acceptors (Lipinski definition) is 10. The van der Waals surface area contributed by atoms with Gasteiger partial charge in [0.15, 0.2) is 11.4 Å². The molecule has 3 aliphatic carbocycles. The number of aliphatic hydroxyl groups is 3. The van der Waals surface area contributed by atoms with E-state index < -0.39 is 69.1 Å². The maximum Gasteiger partial charge on any atom is 0.269 e. The number of carbonyl (C=O) groups excluding carboxylic acids is 3. The first-order valence-corrected chi connectivity index (χ1v) is 12.6. The number of nitrogens with zero attached hydrogens (tertiary/aromatic N) is 2. The minimum atomic E-state index is -2.65. The number of primary amides is 1. The van der Waals surface area contributed by atoms with Crippen molar-refractivity contribution in [3.8, 4) is 17.6 Å². The SMILES string of the molecule is CN(C)c1cc(C#Cc2ccc([N+](=O)[O-])cc2)c(O)c2c1C[C@H]1C[C@H]3CC(=O)C(C(N)=O)=C(O)[C@@]3(O)C(=O)C1=C2O. The summed E-state index contributed by atoms with van der Waals surface area (Å²) in [5.74, 6) is -1.43. The van der Waals surface area contributed by atoms with Crippen molar-refractivity contribution in [2.75, 3.05) is 19.0 Å². The highest BCUT2D eigenvalue weighted by atomic mass is 16.6. The van der Waals surface area contributed by atoms with Crippen LogP contribution in [0.5, 0.6) is 5.75 Å². The highest BCUT2D eigenvalue weighted by Crippen LogP contribution is 2.53. The fourth-order valence-corrected chi connectivity index (χ4v) is 5.97.